The molecule has 2 atom stereocenters. The third kappa shape index (κ3) is 2.94. The van der Waals surface area contributed by atoms with Crippen molar-refractivity contribution in [3.8, 4) is 0 Å². The Kier molecular flexibility index (Phi) is 3.59. The highest BCUT2D eigenvalue weighted by Crippen LogP contribution is 2.20. The number of hydrogen-bond acceptors (Lipinski definition) is 3. The smallest absolute Gasteiger partial charge is 0.120 e. The van der Waals surface area contributed by atoms with E-state index in [2.05, 4.69) is 30.2 Å². The van der Waals surface area contributed by atoms with Gasteiger partial charge in [0.1, 0.15) is 11.5 Å². The molecule has 0 spiro atoms. The molecule has 0 aromatic carbocycles. The minimum atomic E-state index is 0.193. The van der Waals surface area contributed by atoms with Gasteiger partial charge in [-0.25, -0.2) is 0 Å². The van der Waals surface area contributed by atoms with E-state index < -0.39 is 0 Å². The summed E-state index contributed by atoms with van der Waals surface area (Å²) in [7, 11) is 0. The molecule has 0 aliphatic carbocycles. The topological polar surface area (TPSA) is 38.1 Å². The Bertz CT molecular complexity index is 464. The summed E-state index contributed by atoms with van der Waals surface area (Å²) in [4.78, 5) is 4.13. The lowest BCUT2D eigenvalue weighted by Gasteiger charge is -2.18. The lowest BCUT2D eigenvalue weighted by molar-refractivity contribution is 0.392. The van der Waals surface area contributed by atoms with Crippen molar-refractivity contribution in [1.82, 2.24) is 10.3 Å². The summed E-state index contributed by atoms with van der Waals surface area (Å²) >= 11 is 0. The van der Waals surface area contributed by atoms with Crippen LogP contribution in [0.15, 0.2) is 41.1 Å². The molecule has 0 saturated carbocycles. The van der Waals surface area contributed by atoms with E-state index in [-0.39, 0.29) is 12.1 Å². The summed E-state index contributed by atoms with van der Waals surface area (Å²) in [6, 6.07) is 8.48. The minimum Gasteiger partial charge on any atom is -0.465 e. The average Bonchev–Trinajstić information content (AvgIpc) is 2.77. The number of nitrogens with one attached hydrogen (secondary N) is 1. The van der Waals surface area contributed by atoms with Crippen LogP contribution >= 0.6 is 0 Å². The first-order chi connectivity index (χ1) is 8.16. The van der Waals surface area contributed by atoms with E-state index in [9.17, 15) is 0 Å². The van der Waals surface area contributed by atoms with Crippen LogP contribution in [0, 0.1) is 6.92 Å². The van der Waals surface area contributed by atoms with E-state index in [4.69, 9.17) is 4.42 Å². The van der Waals surface area contributed by atoms with Crippen molar-refractivity contribution in [2.24, 2.45) is 0 Å². The lowest BCUT2D eigenvalue weighted by Crippen LogP contribution is -2.22. The first-order valence-corrected chi connectivity index (χ1v) is 5.89. The van der Waals surface area contributed by atoms with Crippen LogP contribution in [0.25, 0.3) is 0 Å². The quantitative estimate of drug-likeness (QED) is 0.874. The van der Waals surface area contributed by atoms with Gasteiger partial charge in [0.15, 0.2) is 0 Å². The van der Waals surface area contributed by atoms with E-state index in [0.29, 0.717) is 0 Å². The van der Waals surface area contributed by atoms with E-state index in [1.165, 1.54) is 5.56 Å². The zero-order valence-corrected chi connectivity index (χ0v) is 10.5. The molecule has 0 aliphatic rings. The number of aryl methyl sites for hydroxylation is 1. The molecule has 2 aromatic heterocycles. The summed E-state index contributed by atoms with van der Waals surface area (Å²) in [5, 5.41) is 3.49. The molecule has 0 bridgehead atoms. The fraction of sp³-hybridized carbons (Fsp3) is 0.357. The number of pyridine rings is 1. The minimum absolute atomic E-state index is 0.193. The van der Waals surface area contributed by atoms with Gasteiger partial charge < -0.3 is 9.73 Å². The highest BCUT2D eigenvalue weighted by Gasteiger charge is 2.13. The second kappa shape index (κ2) is 5.15. The average molecular weight is 230 g/mol. The second-order valence-electron chi connectivity index (χ2n) is 4.34. The molecule has 0 aliphatic heterocycles. The molecule has 2 rings (SSSR count). The van der Waals surface area contributed by atoms with Gasteiger partial charge in [0.25, 0.3) is 0 Å². The first kappa shape index (κ1) is 11.9. The molecule has 2 aromatic rings. The molecule has 90 valence electrons. The third-order valence-electron chi connectivity index (χ3n) is 2.87. The molecule has 3 nitrogen and oxygen atoms in total. The van der Waals surface area contributed by atoms with Crippen molar-refractivity contribution in [2.75, 3.05) is 0 Å². The third-order valence-corrected chi connectivity index (χ3v) is 2.87. The number of hydrogen-bond donors (Lipinski definition) is 1. The van der Waals surface area contributed by atoms with Crippen molar-refractivity contribution in [3.63, 3.8) is 0 Å². The largest absolute Gasteiger partial charge is 0.465 e. The Labute approximate surface area is 102 Å². The molecule has 1 unspecified atom stereocenters. The van der Waals surface area contributed by atoms with Crippen molar-refractivity contribution in [3.05, 3.63) is 53.7 Å². The Hall–Kier alpha value is -1.61. The number of rotatable bonds is 4. The zero-order valence-electron chi connectivity index (χ0n) is 10.5. The van der Waals surface area contributed by atoms with Crippen LogP contribution in [0.1, 0.15) is 43.0 Å². The van der Waals surface area contributed by atoms with Crippen LogP contribution in [0.4, 0.5) is 0 Å². The van der Waals surface area contributed by atoms with Gasteiger partial charge >= 0.3 is 0 Å². The van der Waals surface area contributed by atoms with Gasteiger partial charge in [0.05, 0.1) is 6.04 Å². The van der Waals surface area contributed by atoms with Crippen molar-refractivity contribution < 1.29 is 4.42 Å². The summed E-state index contributed by atoms with van der Waals surface area (Å²) in [5.74, 6) is 1.92. The summed E-state index contributed by atoms with van der Waals surface area (Å²) < 4.78 is 5.60. The highest BCUT2D eigenvalue weighted by molar-refractivity contribution is 5.15. The fourth-order valence-electron chi connectivity index (χ4n) is 1.87. The van der Waals surface area contributed by atoms with E-state index in [1.54, 1.807) is 6.20 Å². The Morgan fingerprint density at radius 2 is 2.00 bits per heavy atom. The number of nitrogens with zero attached hydrogens (tertiary/aromatic N) is 1. The lowest BCUT2D eigenvalue weighted by atomic mass is 10.1. The molecule has 1 N–H and O–H groups in total. The first-order valence-electron chi connectivity index (χ1n) is 5.89. The predicted molar refractivity (Wildman–Crippen MR) is 67.6 cm³/mol. The maximum absolute atomic E-state index is 5.60. The van der Waals surface area contributed by atoms with Crippen LogP contribution in [0.2, 0.25) is 0 Å². The van der Waals surface area contributed by atoms with Crippen LogP contribution in [-0.2, 0) is 0 Å². The zero-order chi connectivity index (χ0) is 12.3. The summed E-state index contributed by atoms with van der Waals surface area (Å²) in [5.41, 5.74) is 1.18. The second-order valence-corrected chi connectivity index (χ2v) is 4.34. The normalized spacial score (nSPS) is 14.5. The van der Waals surface area contributed by atoms with Crippen LogP contribution in [0.3, 0.4) is 0 Å². The fourth-order valence-corrected chi connectivity index (χ4v) is 1.87. The highest BCUT2D eigenvalue weighted by atomic mass is 16.3. The maximum Gasteiger partial charge on any atom is 0.120 e. The molecule has 2 heterocycles. The van der Waals surface area contributed by atoms with Gasteiger partial charge in [-0.1, -0.05) is 6.07 Å². The number of furan rings is 1. The summed E-state index contributed by atoms with van der Waals surface area (Å²) in [6.45, 7) is 6.19. The molecule has 3 heteroatoms. The van der Waals surface area contributed by atoms with Crippen LogP contribution in [-0.4, -0.2) is 4.98 Å². The van der Waals surface area contributed by atoms with E-state index >= 15 is 0 Å². The molecule has 0 saturated heterocycles. The maximum atomic E-state index is 5.60. The molecular formula is C14H18N2O. The van der Waals surface area contributed by atoms with Gasteiger partial charge in [-0.2, -0.15) is 0 Å². The van der Waals surface area contributed by atoms with Crippen LogP contribution in [0.5, 0.6) is 0 Å². The van der Waals surface area contributed by atoms with Gasteiger partial charge in [0, 0.05) is 18.4 Å². The van der Waals surface area contributed by atoms with Gasteiger partial charge in [-0.05, 0) is 44.5 Å². The van der Waals surface area contributed by atoms with Crippen molar-refractivity contribution >= 4 is 0 Å². The molecule has 17 heavy (non-hydrogen) atoms. The molecule has 0 amide bonds. The van der Waals surface area contributed by atoms with Gasteiger partial charge in [-0.3, -0.25) is 4.98 Å². The summed E-state index contributed by atoms with van der Waals surface area (Å²) in [6.07, 6.45) is 3.67. The molecule has 0 radical (unpaired) electrons. The molecular weight excluding hydrogens is 212 g/mol. The van der Waals surface area contributed by atoms with Crippen molar-refractivity contribution in [2.45, 2.75) is 32.9 Å². The van der Waals surface area contributed by atoms with Gasteiger partial charge in [-0.15, -0.1) is 0 Å². The number of aromatic nitrogens is 1. The van der Waals surface area contributed by atoms with Crippen molar-refractivity contribution in [1.29, 1.82) is 0 Å². The van der Waals surface area contributed by atoms with E-state index in [0.717, 1.165) is 11.5 Å². The Morgan fingerprint density at radius 1 is 1.18 bits per heavy atom. The van der Waals surface area contributed by atoms with E-state index in [1.807, 2.05) is 31.3 Å². The SMILES string of the molecule is Cc1ccc(C(C)N[C@H](C)c2cccnc2)o1. The Balaban J connectivity index is 2.02. The monoisotopic (exact) mass is 230 g/mol. The van der Waals surface area contributed by atoms with Gasteiger partial charge in [0.2, 0.25) is 0 Å². The predicted octanol–water partition coefficient (Wildman–Crippen LogP) is 3.39. The standard InChI is InChI=1S/C14H18N2O/c1-10-6-7-14(17-10)12(3)16-11(2)13-5-4-8-15-9-13/h4-9,11-12,16H,1-3H3/t11-,12?/m1/s1. The molecule has 0 fully saturated rings. The Morgan fingerprint density at radius 3 is 2.59 bits per heavy atom. The van der Waals surface area contributed by atoms with Crippen LogP contribution < -0.4 is 5.32 Å².